The summed E-state index contributed by atoms with van der Waals surface area (Å²) in [5.41, 5.74) is 2.36. The van der Waals surface area contributed by atoms with E-state index in [1.54, 1.807) is 0 Å². The molecule has 134 valence electrons. The third-order valence-electron chi connectivity index (χ3n) is 4.72. The molecule has 27 heavy (non-hydrogen) atoms. The highest BCUT2D eigenvalue weighted by atomic mass is 16.5. The Bertz CT molecular complexity index is 1040. The molecule has 4 aromatic carbocycles. The molecule has 4 rings (SSSR count). The Balaban J connectivity index is 1.70. The summed E-state index contributed by atoms with van der Waals surface area (Å²) < 4.78 is 5.66. The van der Waals surface area contributed by atoms with Crippen molar-refractivity contribution in [1.29, 1.82) is 0 Å². The minimum absolute atomic E-state index is 0.125. The Morgan fingerprint density at radius 1 is 0.815 bits per heavy atom. The van der Waals surface area contributed by atoms with Crippen molar-refractivity contribution in [2.75, 3.05) is 6.61 Å². The Morgan fingerprint density at radius 3 is 2.00 bits per heavy atom. The van der Waals surface area contributed by atoms with Crippen molar-refractivity contribution >= 4 is 27.5 Å². The largest absolute Gasteiger partial charge is 0.494 e. The van der Waals surface area contributed by atoms with Gasteiger partial charge in [0.15, 0.2) is 0 Å². The molecule has 0 fully saturated rings. The number of carbonyl (C=O) groups is 1. The van der Waals surface area contributed by atoms with E-state index in [0.29, 0.717) is 13.0 Å². The standard InChI is InChI=1S/C24H20O3/c25-23(26)10-5-15-27-20-13-11-17(12-14-20)24-21-8-3-1-6-18(21)16-19-7-2-4-9-22(19)24/h1-4,6-9,11-14,16H,5,10,15H2,(H,25,26). The number of rotatable bonds is 6. The van der Waals surface area contributed by atoms with Crippen molar-refractivity contribution < 1.29 is 14.6 Å². The summed E-state index contributed by atoms with van der Waals surface area (Å²) in [5, 5.41) is 13.6. The second kappa shape index (κ2) is 7.50. The molecule has 0 heterocycles. The summed E-state index contributed by atoms with van der Waals surface area (Å²) in [6.45, 7) is 0.406. The van der Waals surface area contributed by atoms with Crippen LogP contribution in [0, 0.1) is 0 Å². The van der Waals surface area contributed by atoms with E-state index in [0.717, 1.165) is 11.3 Å². The molecule has 0 aliphatic heterocycles. The van der Waals surface area contributed by atoms with Crippen LogP contribution in [0.1, 0.15) is 12.8 Å². The fraction of sp³-hybridized carbons (Fsp3) is 0.125. The molecule has 0 saturated carbocycles. The van der Waals surface area contributed by atoms with Crippen LogP contribution >= 0.6 is 0 Å². The molecule has 0 atom stereocenters. The highest BCUT2D eigenvalue weighted by Crippen LogP contribution is 2.36. The lowest BCUT2D eigenvalue weighted by atomic mass is 9.92. The van der Waals surface area contributed by atoms with Crippen LogP contribution in [0.5, 0.6) is 5.75 Å². The fourth-order valence-electron chi connectivity index (χ4n) is 3.46. The molecule has 0 bridgehead atoms. The fourth-order valence-corrected chi connectivity index (χ4v) is 3.46. The lowest BCUT2D eigenvalue weighted by Gasteiger charge is -2.13. The minimum atomic E-state index is -0.795. The van der Waals surface area contributed by atoms with Crippen molar-refractivity contribution in [2.24, 2.45) is 0 Å². The van der Waals surface area contributed by atoms with Gasteiger partial charge in [-0.2, -0.15) is 0 Å². The summed E-state index contributed by atoms with van der Waals surface area (Å²) >= 11 is 0. The zero-order valence-electron chi connectivity index (χ0n) is 14.9. The SMILES string of the molecule is O=C(O)CCCOc1ccc(-c2c3ccccc3cc3ccccc23)cc1. The maximum atomic E-state index is 10.6. The van der Waals surface area contributed by atoms with E-state index in [4.69, 9.17) is 9.84 Å². The third kappa shape index (κ3) is 3.63. The Morgan fingerprint density at radius 2 is 1.41 bits per heavy atom. The van der Waals surface area contributed by atoms with Gasteiger partial charge < -0.3 is 9.84 Å². The van der Waals surface area contributed by atoms with Gasteiger partial charge >= 0.3 is 5.97 Å². The molecular formula is C24H20O3. The van der Waals surface area contributed by atoms with Crippen LogP contribution < -0.4 is 4.74 Å². The van der Waals surface area contributed by atoms with Gasteiger partial charge in [-0.15, -0.1) is 0 Å². The maximum Gasteiger partial charge on any atom is 0.303 e. The Hall–Kier alpha value is -3.33. The van der Waals surface area contributed by atoms with E-state index in [9.17, 15) is 4.79 Å². The quantitative estimate of drug-likeness (QED) is 0.345. The monoisotopic (exact) mass is 356 g/mol. The van der Waals surface area contributed by atoms with Gasteiger partial charge in [0, 0.05) is 6.42 Å². The second-order valence-electron chi connectivity index (χ2n) is 6.56. The summed E-state index contributed by atoms with van der Waals surface area (Å²) in [6, 6.07) is 27.1. The first-order valence-corrected chi connectivity index (χ1v) is 9.08. The molecule has 0 aromatic heterocycles. The zero-order chi connectivity index (χ0) is 18.6. The van der Waals surface area contributed by atoms with E-state index in [1.165, 1.54) is 27.1 Å². The number of aliphatic carboxylic acids is 1. The number of hydrogen-bond donors (Lipinski definition) is 1. The highest BCUT2D eigenvalue weighted by molar-refractivity contribution is 6.12. The van der Waals surface area contributed by atoms with Gasteiger partial charge in [0.1, 0.15) is 5.75 Å². The topological polar surface area (TPSA) is 46.5 Å². The van der Waals surface area contributed by atoms with Gasteiger partial charge in [0.2, 0.25) is 0 Å². The Kier molecular flexibility index (Phi) is 4.75. The van der Waals surface area contributed by atoms with Crippen molar-refractivity contribution in [1.82, 2.24) is 0 Å². The van der Waals surface area contributed by atoms with Crippen molar-refractivity contribution in [3.63, 3.8) is 0 Å². The second-order valence-corrected chi connectivity index (χ2v) is 6.56. The highest BCUT2D eigenvalue weighted by Gasteiger charge is 2.09. The minimum Gasteiger partial charge on any atom is -0.494 e. The summed E-state index contributed by atoms with van der Waals surface area (Å²) in [4.78, 5) is 10.6. The lowest BCUT2D eigenvalue weighted by molar-refractivity contribution is -0.137. The smallest absolute Gasteiger partial charge is 0.303 e. The van der Waals surface area contributed by atoms with Crippen LogP contribution in [0.3, 0.4) is 0 Å². The van der Waals surface area contributed by atoms with Crippen LogP contribution in [0.2, 0.25) is 0 Å². The van der Waals surface area contributed by atoms with Gasteiger partial charge in [-0.3, -0.25) is 4.79 Å². The molecule has 0 spiro atoms. The molecule has 0 radical (unpaired) electrons. The van der Waals surface area contributed by atoms with E-state index in [1.807, 2.05) is 12.1 Å². The lowest BCUT2D eigenvalue weighted by Crippen LogP contribution is -2.01. The first-order chi connectivity index (χ1) is 13.2. The number of hydrogen-bond acceptors (Lipinski definition) is 2. The molecule has 0 amide bonds. The van der Waals surface area contributed by atoms with Crippen LogP contribution in [0.15, 0.2) is 78.9 Å². The molecule has 3 heteroatoms. The predicted molar refractivity (Wildman–Crippen MR) is 109 cm³/mol. The van der Waals surface area contributed by atoms with Gasteiger partial charge in [-0.25, -0.2) is 0 Å². The number of fused-ring (bicyclic) bond motifs is 2. The molecule has 0 aliphatic rings. The molecule has 3 nitrogen and oxygen atoms in total. The molecular weight excluding hydrogens is 336 g/mol. The van der Waals surface area contributed by atoms with Crippen LogP contribution in [-0.4, -0.2) is 17.7 Å². The van der Waals surface area contributed by atoms with Crippen LogP contribution in [-0.2, 0) is 4.79 Å². The van der Waals surface area contributed by atoms with E-state index >= 15 is 0 Å². The first-order valence-electron chi connectivity index (χ1n) is 9.08. The van der Waals surface area contributed by atoms with Gasteiger partial charge in [0.05, 0.1) is 6.61 Å². The average molecular weight is 356 g/mol. The van der Waals surface area contributed by atoms with Crippen molar-refractivity contribution in [3.05, 3.63) is 78.9 Å². The molecule has 0 saturated heterocycles. The molecule has 4 aromatic rings. The number of carboxylic acids is 1. The normalized spacial score (nSPS) is 11.0. The van der Waals surface area contributed by atoms with Gasteiger partial charge in [0.25, 0.3) is 0 Å². The zero-order valence-corrected chi connectivity index (χ0v) is 14.9. The Labute approximate surface area is 157 Å². The molecule has 1 N–H and O–H groups in total. The number of benzene rings is 4. The van der Waals surface area contributed by atoms with Gasteiger partial charge in [-0.05, 0) is 57.3 Å². The average Bonchev–Trinajstić information content (AvgIpc) is 2.70. The van der Waals surface area contributed by atoms with E-state index in [-0.39, 0.29) is 6.42 Å². The van der Waals surface area contributed by atoms with Crippen molar-refractivity contribution in [2.45, 2.75) is 12.8 Å². The van der Waals surface area contributed by atoms with Crippen molar-refractivity contribution in [3.8, 4) is 16.9 Å². The summed E-state index contributed by atoms with van der Waals surface area (Å²) in [5.74, 6) is -0.0366. The van der Waals surface area contributed by atoms with E-state index in [2.05, 4.69) is 66.7 Å². The van der Waals surface area contributed by atoms with E-state index < -0.39 is 5.97 Å². The third-order valence-corrected chi connectivity index (χ3v) is 4.72. The number of ether oxygens (including phenoxy) is 1. The molecule has 0 unspecified atom stereocenters. The first kappa shape index (κ1) is 17.1. The predicted octanol–water partition coefficient (Wildman–Crippen LogP) is 5.90. The molecule has 0 aliphatic carbocycles. The van der Waals surface area contributed by atoms with Crippen LogP contribution in [0.4, 0.5) is 0 Å². The summed E-state index contributed by atoms with van der Waals surface area (Å²) in [7, 11) is 0. The number of carboxylic acid groups (broad SMARTS) is 1. The maximum absolute atomic E-state index is 10.6. The van der Waals surface area contributed by atoms with Gasteiger partial charge in [-0.1, -0.05) is 60.7 Å². The summed E-state index contributed by atoms with van der Waals surface area (Å²) in [6.07, 6.45) is 0.630. The van der Waals surface area contributed by atoms with Crippen LogP contribution in [0.25, 0.3) is 32.7 Å².